The van der Waals surface area contributed by atoms with Gasteiger partial charge in [0.1, 0.15) is 0 Å². The molecule has 0 unspecified atom stereocenters. The van der Waals surface area contributed by atoms with E-state index >= 15 is 0 Å². The minimum absolute atomic E-state index is 0.584. The molecule has 0 fully saturated rings. The molecule has 1 amide bonds. The Morgan fingerprint density at radius 2 is 1.91 bits per heavy atom. The number of nitrogens with one attached hydrogen (secondary N) is 1. The molecule has 0 heterocycles. The third-order valence-electron chi connectivity index (χ3n) is 0.842. The molecule has 2 N–H and O–H groups in total. The summed E-state index contributed by atoms with van der Waals surface area (Å²) in [5, 5.41) is 9.33. The van der Waals surface area contributed by atoms with Crippen molar-refractivity contribution in [2.45, 2.75) is 13.0 Å². The van der Waals surface area contributed by atoms with Crippen molar-refractivity contribution in [2.75, 3.05) is 0 Å². The summed E-state index contributed by atoms with van der Waals surface area (Å²) in [4.78, 5) is 30.9. The summed E-state index contributed by atoms with van der Waals surface area (Å²) < 4.78 is 0. The van der Waals surface area contributed by atoms with E-state index in [0.717, 1.165) is 6.92 Å². The van der Waals surface area contributed by atoms with E-state index in [1.54, 1.807) is 0 Å². The van der Waals surface area contributed by atoms with E-state index in [-0.39, 0.29) is 0 Å². The van der Waals surface area contributed by atoms with Gasteiger partial charge in [0.2, 0.25) is 11.0 Å². The van der Waals surface area contributed by atoms with Gasteiger partial charge in [0.05, 0.1) is 0 Å². The molecule has 0 aromatic rings. The first-order valence-electron chi connectivity index (χ1n) is 2.68. The molecule has 0 aliphatic heterocycles. The monoisotopic (exact) mass is 177 g/mol. The first-order valence-corrected chi connectivity index (χ1v) is 3.12. The molecule has 0 spiro atoms. The van der Waals surface area contributed by atoms with Crippen molar-refractivity contribution < 1.29 is 19.5 Å². The lowest BCUT2D eigenvalue weighted by atomic mass is 10.3. The molecule has 5 nitrogen and oxygen atoms in total. The topological polar surface area (TPSA) is 83.5 Å². The first-order chi connectivity index (χ1) is 4.95. The van der Waals surface area contributed by atoms with Gasteiger partial charge in [-0.15, -0.1) is 12.6 Å². The number of hydrogen-bond donors (Lipinski definition) is 3. The van der Waals surface area contributed by atoms with Crippen molar-refractivity contribution in [2.24, 2.45) is 0 Å². The Morgan fingerprint density at radius 1 is 1.45 bits per heavy atom. The van der Waals surface area contributed by atoms with Crippen LogP contribution >= 0.6 is 12.6 Å². The number of carboxylic acids is 1. The maximum atomic E-state index is 10.4. The van der Waals surface area contributed by atoms with Gasteiger partial charge in [0, 0.05) is 6.92 Å². The summed E-state index contributed by atoms with van der Waals surface area (Å²) in [6.07, 6.45) is 0. The number of aliphatic carboxylic acids is 1. The van der Waals surface area contributed by atoms with Crippen LogP contribution in [-0.4, -0.2) is 28.1 Å². The Morgan fingerprint density at radius 3 is 2.00 bits per heavy atom. The molecule has 11 heavy (non-hydrogen) atoms. The minimum Gasteiger partial charge on any atom is -0.479 e. The zero-order valence-corrected chi connectivity index (χ0v) is 6.59. The molecule has 1 atom stereocenters. The molecule has 0 bridgehead atoms. The SMILES string of the molecule is CC(=O)N[C@H](C(=O)O)C(=O)S. The van der Waals surface area contributed by atoms with Gasteiger partial charge in [-0.05, 0) is 0 Å². The second-order valence-corrected chi connectivity index (χ2v) is 2.25. The van der Waals surface area contributed by atoms with Crippen LogP contribution < -0.4 is 5.32 Å². The molecule has 0 aliphatic rings. The van der Waals surface area contributed by atoms with Gasteiger partial charge in [-0.3, -0.25) is 9.59 Å². The fraction of sp³-hybridized carbons (Fsp3) is 0.400. The molecule has 0 aromatic heterocycles. The smallest absolute Gasteiger partial charge is 0.335 e. The lowest BCUT2D eigenvalue weighted by Gasteiger charge is -2.07. The van der Waals surface area contributed by atoms with E-state index in [9.17, 15) is 14.4 Å². The number of carboxylic acid groups (broad SMARTS) is 1. The second-order valence-electron chi connectivity index (χ2n) is 1.81. The summed E-state index contributed by atoms with van der Waals surface area (Å²) in [5.41, 5.74) is 0. The Bertz CT molecular complexity index is 189. The fourth-order valence-electron chi connectivity index (χ4n) is 0.432. The van der Waals surface area contributed by atoms with E-state index in [1.165, 1.54) is 0 Å². The molecule has 0 saturated carbocycles. The quantitative estimate of drug-likeness (QED) is 0.382. The van der Waals surface area contributed by atoms with E-state index in [2.05, 4.69) is 12.6 Å². The van der Waals surface area contributed by atoms with Crippen molar-refractivity contribution in [1.82, 2.24) is 5.32 Å². The number of carbonyl (C=O) groups excluding carboxylic acids is 2. The summed E-state index contributed by atoms with van der Waals surface area (Å²) in [5.74, 6) is -2.00. The van der Waals surface area contributed by atoms with Crippen LogP contribution in [0.15, 0.2) is 0 Å². The van der Waals surface area contributed by atoms with Crippen molar-refractivity contribution in [3.8, 4) is 0 Å². The van der Waals surface area contributed by atoms with E-state index in [1.807, 2.05) is 5.32 Å². The molecular weight excluding hydrogens is 170 g/mol. The van der Waals surface area contributed by atoms with Crippen LogP contribution in [0, 0.1) is 0 Å². The summed E-state index contributed by atoms with van der Waals surface area (Å²) in [7, 11) is 0. The molecule has 62 valence electrons. The number of hydrogen-bond acceptors (Lipinski definition) is 3. The summed E-state index contributed by atoms with van der Waals surface area (Å²) in [6, 6.07) is -1.55. The molecule has 0 saturated heterocycles. The lowest BCUT2D eigenvalue weighted by molar-refractivity contribution is -0.143. The van der Waals surface area contributed by atoms with Crippen LogP contribution in [0.3, 0.4) is 0 Å². The Kier molecular flexibility index (Phi) is 3.59. The highest BCUT2D eigenvalue weighted by atomic mass is 32.1. The van der Waals surface area contributed by atoms with E-state index < -0.39 is 23.0 Å². The third kappa shape index (κ3) is 3.61. The van der Waals surface area contributed by atoms with Crippen LogP contribution in [0.1, 0.15) is 6.92 Å². The van der Waals surface area contributed by atoms with Crippen LogP contribution in [0.25, 0.3) is 0 Å². The Labute approximate surface area is 68.2 Å². The number of rotatable bonds is 3. The highest BCUT2D eigenvalue weighted by Gasteiger charge is 2.23. The number of amides is 1. The molecule has 0 rings (SSSR count). The second kappa shape index (κ2) is 3.97. The highest BCUT2D eigenvalue weighted by Crippen LogP contribution is 1.90. The average molecular weight is 177 g/mol. The van der Waals surface area contributed by atoms with Gasteiger partial charge in [-0.2, -0.15) is 0 Å². The van der Waals surface area contributed by atoms with Crippen LogP contribution in [0.5, 0.6) is 0 Å². The van der Waals surface area contributed by atoms with Gasteiger partial charge in [0.25, 0.3) is 0 Å². The maximum Gasteiger partial charge on any atom is 0.335 e. The molecule has 0 aromatic carbocycles. The molecule has 0 radical (unpaired) electrons. The zero-order valence-electron chi connectivity index (χ0n) is 5.70. The zero-order chi connectivity index (χ0) is 9.02. The summed E-state index contributed by atoms with van der Waals surface area (Å²) >= 11 is 3.27. The fourth-order valence-corrected chi connectivity index (χ4v) is 0.607. The van der Waals surface area contributed by atoms with Gasteiger partial charge in [-0.25, -0.2) is 4.79 Å². The van der Waals surface area contributed by atoms with Crippen LogP contribution in [0.2, 0.25) is 0 Å². The van der Waals surface area contributed by atoms with E-state index in [0.29, 0.717) is 0 Å². The molecule has 0 aliphatic carbocycles. The Hall–Kier alpha value is -1.04. The van der Waals surface area contributed by atoms with Crippen molar-refractivity contribution in [3.05, 3.63) is 0 Å². The average Bonchev–Trinajstić information content (AvgIpc) is 1.81. The van der Waals surface area contributed by atoms with Gasteiger partial charge in [-0.1, -0.05) is 0 Å². The number of thiol groups is 1. The summed E-state index contributed by atoms with van der Waals surface area (Å²) in [6.45, 7) is 1.12. The largest absolute Gasteiger partial charge is 0.479 e. The van der Waals surface area contributed by atoms with Gasteiger partial charge >= 0.3 is 5.97 Å². The predicted octanol–water partition coefficient (Wildman–Crippen LogP) is -0.968. The normalized spacial score (nSPS) is 11.8. The maximum absolute atomic E-state index is 10.4. The predicted molar refractivity (Wildman–Crippen MR) is 39.2 cm³/mol. The van der Waals surface area contributed by atoms with E-state index in [4.69, 9.17) is 5.11 Å². The van der Waals surface area contributed by atoms with Crippen molar-refractivity contribution in [3.63, 3.8) is 0 Å². The van der Waals surface area contributed by atoms with Crippen LogP contribution in [-0.2, 0) is 14.4 Å². The third-order valence-corrected chi connectivity index (χ3v) is 1.10. The van der Waals surface area contributed by atoms with Gasteiger partial charge in [0.15, 0.2) is 6.04 Å². The molecule has 6 heteroatoms. The minimum atomic E-state index is -1.55. The first kappa shape index (κ1) is 9.96. The van der Waals surface area contributed by atoms with Crippen molar-refractivity contribution in [1.29, 1.82) is 0 Å². The Balaban J connectivity index is 4.23. The molecular formula is C5H7NO4S. The standard InChI is InChI=1S/C5H7NO4S/c1-2(7)6-3(4(8)9)5(10)11/h3H,1H3,(H,6,7)(H,8,9)(H,10,11)/t3-/m1/s1. The van der Waals surface area contributed by atoms with Gasteiger partial charge < -0.3 is 10.4 Å². The number of carbonyl (C=O) groups is 3. The van der Waals surface area contributed by atoms with Crippen molar-refractivity contribution >= 4 is 29.6 Å². The highest BCUT2D eigenvalue weighted by molar-refractivity contribution is 7.96. The lowest BCUT2D eigenvalue weighted by Crippen LogP contribution is -2.43. The van der Waals surface area contributed by atoms with Crippen LogP contribution in [0.4, 0.5) is 0 Å².